The van der Waals surface area contributed by atoms with Crippen molar-refractivity contribution in [1.82, 2.24) is 0 Å². The van der Waals surface area contributed by atoms with E-state index in [-0.39, 0.29) is 11.8 Å². The molecule has 1 heterocycles. The Bertz CT molecular complexity index is 445. The summed E-state index contributed by atoms with van der Waals surface area (Å²) in [7, 11) is 0. The molecule has 1 saturated heterocycles. The van der Waals surface area contributed by atoms with Crippen molar-refractivity contribution in [1.29, 1.82) is 0 Å². The Morgan fingerprint density at radius 2 is 2.10 bits per heavy atom. The Morgan fingerprint density at radius 1 is 1.30 bits per heavy atom. The highest BCUT2D eigenvalue weighted by molar-refractivity contribution is 9.10. The van der Waals surface area contributed by atoms with Gasteiger partial charge in [0.05, 0.1) is 11.7 Å². The molecule has 112 valence electrons. The van der Waals surface area contributed by atoms with E-state index in [1.54, 1.807) is 6.07 Å². The van der Waals surface area contributed by atoms with Gasteiger partial charge in [-0.1, -0.05) is 15.9 Å². The van der Waals surface area contributed by atoms with Gasteiger partial charge in [-0.05, 0) is 43.9 Å². The zero-order valence-corrected chi connectivity index (χ0v) is 12.6. The van der Waals surface area contributed by atoms with Crippen molar-refractivity contribution in [2.24, 2.45) is 0 Å². The monoisotopic (exact) mass is 351 g/mol. The minimum absolute atomic E-state index is 0.122. The summed E-state index contributed by atoms with van der Waals surface area (Å²) in [5.41, 5.74) is -0.520. The van der Waals surface area contributed by atoms with Gasteiger partial charge in [-0.2, -0.15) is 13.2 Å². The topological polar surface area (TPSA) is 21.3 Å². The van der Waals surface area contributed by atoms with Crippen LogP contribution in [-0.2, 0) is 10.9 Å². The highest BCUT2D eigenvalue weighted by atomic mass is 79.9. The minimum atomic E-state index is -4.35. The van der Waals surface area contributed by atoms with E-state index >= 15 is 0 Å². The molecule has 0 saturated carbocycles. The maximum absolute atomic E-state index is 12.9. The standard InChI is InChI=1S/C14H17BrF3NO/c15-10-4-5-13(12(9-10)14(16,17)18)19-7-6-11-3-1-2-8-20-11/h4-5,9,11,19H,1-3,6-8H2. The lowest BCUT2D eigenvalue weighted by Crippen LogP contribution is -2.22. The quantitative estimate of drug-likeness (QED) is 0.837. The van der Waals surface area contributed by atoms with E-state index in [1.165, 1.54) is 6.07 Å². The number of nitrogens with one attached hydrogen (secondary N) is 1. The predicted octanol–water partition coefficient (Wildman–Crippen LogP) is 4.84. The molecule has 20 heavy (non-hydrogen) atoms. The van der Waals surface area contributed by atoms with E-state index in [9.17, 15) is 13.2 Å². The van der Waals surface area contributed by atoms with E-state index < -0.39 is 11.7 Å². The lowest BCUT2D eigenvalue weighted by molar-refractivity contribution is -0.137. The molecule has 0 radical (unpaired) electrons. The van der Waals surface area contributed by atoms with Crippen LogP contribution in [0.15, 0.2) is 22.7 Å². The van der Waals surface area contributed by atoms with Crippen LogP contribution in [0, 0.1) is 0 Å². The normalized spacial score (nSPS) is 19.9. The van der Waals surface area contributed by atoms with Crippen LogP contribution in [0.1, 0.15) is 31.2 Å². The van der Waals surface area contributed by atoms with Crippen LogP contribution >= 0.6 is 15.9 Å². The fourth-order valence-electron chi connectivity index (χ4n) is 2.31. The SMILES string of the molecule is FC(F)(F)c1cc(Br)ccc1NCCC1CCCCO1. The van der Waals surface area contributed by atoms with Crippen LogP contribution in [0.25, 0.3) is 0 Å². The van der Waals surface area contributed by atoms with Gasteiger partial charge in [-0.3, -0.25) is 0 Å². The molecule has 1 unspecified atom stereocenters. The maximum atomic E-state index is 12.9. The van der Waals surface area contributed by atoms with E-state index in [4.69, 9.17) is 4.74 Å². The van der Waals surface area contributed by atoms with Crippen molar-refractivity contribution in [3.05, 3.63) is 28.2 Å². The first-order valence-electron chi connectivity index (χ1n) is 6.69. The summed E-state index contributed by atoms with van der Waals surface area (Å²) in [6, 6.07) is 4.16. The lowest BCUT2D eigenvalue weighted by atomic mass is 10.1. The number of benzene rings is 1. The average molecular weight is 352 g/mol. The van der Waals surface area contributed by atoms with Crippen LogP contribution in [-0.4, -0.2) is 19.3 Å². The number of hydrogen-bond acceptors (Lipinski definition) is 2. The Balaban J connectivity index is 1.95. The number of ether oxygens (including phenoxy) is 1. The molecule has 0 aromatic heterocycles. The average Bonchev–Trinajstić information content (AvgIpc) is 2.40. The highest BCUT2D eigenvalue weighted by Gasteiger charge is 2.33. The molecule has 2 nitrogen and oxygen atoms in total. The van der Waals surface area contributed by atoms with Crippen LogP contribution in [0.5, 0.6) is 0 Å². The number of rotatable bonds is 4. The number of anilines is 1. The van der Waals surface area contributed by atoms with E-state index in [2.05, 4.69) is 21.2 Å². The van der Waals surface area contributed by atoms with Gasteiger partial charge in [0.1, 0.15) is 0 Å². The summed E-state index contributed by atoms with van der Waals surface area (Å²) >= 11 is 3.07. The fraction of sp³-hybridized carbons (Fsp3) is 0.571. The van der Waals surface area contributed by atoms with Crippen molar-refractivity contribution in [2.75, 3.05) is 18.5 Å². The second-order valence-electron chi connectivity index (χ2n) is 4.89. The molecule has 0 amide bonds. The van der Waals surface area contributed by atoms with Crippen LogP contribution in [0.4, 0.5) is 18.9 Å². The van der Waals surface area contributed by atoms with Gasteiger partial charge in [0.25, 0.3) is 0 Å². The highest BCUT2D eigenvalue weighted by Crippen LogP contribution is 2.36. The molecule has 0 spiro atoms. The number of hydrogen-bond donors (Lipinski definition) is 1. The molecule has 0 aliphatic carbocycles. The van der Waals surface area contributed by atoms with Gasteiger partial charge in [0.15, 0.2) is 0 Å². The number of alkyl halides is 3. The third-order valence-corrected chi connectivity index (χ3v) is 3.84. The molecule has 1 atom stereocenters. The first-order valence-corrected chi connectivity index (χ1v) is 7.48. The van der Waals surface area contributed by atoms with Gasteiger partial charge < -0.3 is 10.1 Å². The van der Waals surface area contributed by atoms with Crippen molar-refractivity contribution >= 4 is 21.6 Å². The molecule has 2 rings (SSSR count). The molecule has 1 aromatic rings. The Hall–Kier alpha value is -0.750. The largest absolute Gasteiger partial charge is 0.418 e. The summed E-state index contributed by atoms with van der Waals surface area (Å²) in [5, 5.41) is 2.87. The van der Waals surface area contributed by atoms with Crippen molar-refractivity contribution in [3.8, 4) is 0 Å². The van der Waals surface area contributed by atoms with Crippen LogP contribution < -0.4 is 5.32 Å². The minimum Gasteiger partial charge on any atom is -0.384 e. The van der Waals surface area contributed by atoms with Crippen LogP contribution in [0.3, 0.4) is 0 Å². The summed E-state index contributed by atoms with van der Waals surface area (Å²) in [4.78, 5) is 0. The third-order valence-electron chi connectivity index (χ3n) is 3.34. The molecule has 1 aliphatic rings. The molecular formula is C14H17BrF3NO. The second-order valence-corrected chi connectivity index (χ2v) is 5.81. The van der Waals surface area contributed by atoms with Gasteiger partial charge in [-0.15, -0.1) is 0 Å². The predicted molar refractivity (Wildman–Crippen MR) is 75.8 cm³/mol. The van der Waals surface area contributed by atoms with E-state index in [0.29, 0.717) is 11.0 Å². The van der Waals surface area contributed by atoms with Crippen molar-refractivity contribution in [2.45, 2.75) is 38.0 Å². The molecule has 1 fully saturated rings. The van der Waals surface area contributed by atoms with Crippen molar-refractivity contribution < 1.29 is 17.9 Å². The lowest BCUT2D eigenvalue weighted by Gasteiger charge is -2.23. The Morgan fingerprint density at radius 3 is 2.75 bits per heavy atom. The first-order chi connectivity index (χ1) is 9.47. The summed E-state index contributed by atoms with van der Waals surface area (Å²) < 4.78 is 44.8. The zero-order chi connectivity index (χ0) is 14.6. The number of halogens is 4. The summed E-state index contributed by atoms with van der Waals surface area (Å²) in [6.45, 7) is 1.24. The molecular weight excluding hydrogens is 335 g/mol. The molecule has 0 bridgehead atoms. The molecule has 6 heteroatoms. The smallest absolute Gasteiger partial charge is 0.384 e. The maximum Gasteiger partial charge on any atom is 0.418 e. The molecule has 1 N–H and O–H groups in total. The fourth-order valence-corrected chi connectivity index (χ4v) is 2.67. The second kappa shape index (κ2) is 6.80. The van der Waals surface area contributed by atoms with Gasteiger partial charge in [0, 0.05) is 23.3 Å². The summed E-state index contributed by atoms with van der Waals surface area (Å²) in [5.74, 6) is 0. The van der Waals surface area contributed by atoms with Gasteiger partial charge >= 0.3 is 6.18 Å². The first kappa shape index (κ1) is 15.6. The third kappa shape index (κ3) is 4.38. The zero-order valence-electron chi connectivity index (χ0n) is 11.0. The Kier molecular flexibility index (Phi) is 5.32. The van der Waals surface area contributed by atoms with Crippen LogP contribution in [0.2, 0.25) is 0 Å². The summed E-state index contributed by atoms with van der Waals surface area (Å²) in [6.07, 6.45) is -0.248. The van der Waals surface area contributed by atoms with Crippen molar-refractivity contribution in [3.63, 3.8) is 0 Å². The van der Waals surface area contributed by atoms with E-state index in [1.807, 2.05) is 0 Å². The van der Waals surface area contributed by atoms with E-state index in [0.717, 1.165) is 38.4 Å². The van der Waals surface area contributed by atoms with Gasteiger partial charge in [-0.25, -0.2) is 0 Å². The Labute approximate surface area is 124 Å². The van der Waals surface area contributed by atoms with Gasteiger partial charge in [0.2, 0.25) is 0 Å². The molecule has 1 aliphatic heterocycles. The molecule has 1 aromatic carbocycles.